The van der Waals surface area contributed by atoms with Crippen LogP contribution in [0.5, 0.6) is 0 Å². The van der Waals surface area contributed by atoms with Gasteiger partial charge in [-0.3, -0.25) is 4.79 Å². The Morgan fingerprint density at radius 1 is 1.06 bits per heavy atom. The highest BCUT2D eigenvalue weighted by atomic mass is 16.1. The molecule has 1 rings (SSSR count). The molecular weight excluding hydrogens is 196 g/mol. The van der Waals surface area contributed by atoms with E-state index in [1.807, 2.05) is 0 Å². The minimum atomic E-state index is -0.155. The summed E-state index contributed by atoms with van der Waals surface area (Å²) in [5.41, 5.74) is -0.0499. The topological polar surface area (TPSA) is 17.1 Å². The number of rotatable bonds is 0. The van der Waals surface area contributed by atoms with E-state index in [0.717, 1.165) is 19.3 Å². The molecule has 0 bridgehead atoms. The van der Waals surface area contributed by atoms with Gasteiger partial charge in [-0.1, -0.05) is 48.5 Å². The van der Waals surface area contributed by atoms with Crippen LogP contribution in [0.2, 0.25) is 0 Å². The molecule has 0 N–H and O–H groups in total. The Bertz CT molecular complexity index is 261. The molecule has 0 spiro atoms. The fraction of sp³-hybridized carbons (Fsp3) is 0.933. The number of carbonyl (C=O) groups is 1. The van der Waals surface area contributed by atoms with Crippen LogP contribution in [0.1, 0.15) is 67.7 Å². The van der Waals surface area contributed by atoms with E-state index in [-0.39, 0.29) is 16.2 Å². The molecule has 0 saturated heterocycles. The maximum Gasteiger partial charge on any atom is 0.140 e. The molecule has 1 saturated carbocycles. The molecule has 1 aliphatic rings. The van der Waals surface area contributed by atoms with Gasteiger partial charge in [0.2, 0.25) is 0 Å². The molecular formula is C15H28O. The van der Waals surface area contributed by atoms with Crippen LogP contribution >= 0.6 is 0 Å². The van der Waals surface area contributed by atoms with Crippen LogP contribution in [0.4, 0.5) is 0 Å². The van der Waals surface area contributed by atoms with E-state index >= 15 is 0 Å². The van der Waals surface area contributed by atoms with Gasteiger partial charge in [-0.05, 0) is 29.6 Å². The van der Waals surface area contributed by atoms with Crippen molar-refractivity contribution in [1.82, 2.24) is 0 Å². The van der Waals surface area contributed by atoms with Crippen molar-refractivity contribution in [2.45, 2.75) is 67.7 Å². The SMILES string of the molecule is CC1CCC(=O)C(C(C)(C)C)(C(C)(C)C)C1. The van der Waals surface area contributed by atoms with Crippen LogP contribution in [0.15, 0.2) is 0 Å². The van der Waals surface area contributed by atoms with E-state index in [4.69, 9.17) is 0 Å². The van der Waals surface area contributed by atoms with Gasteiger partial charge in [-0.15, -0.1) is 0 Å². The second-order valence-corrected chi connectivity index (χ2v) is 7.68. The number of carbonyl (C=O) groups excluding carboxylic acids is 1. The van der Waals surface area contributed by atoms with Gasteiger partial charge in [-0.25, -0.2) is 0 Å². The fourth-order valence-corrected chi connectivity index (χ4v) is 3.90. The number of hydrogen-bond acceptors (Lipinski definition) is 1. The molecule has 94 valence electrons. The zero-order valence-electron chi connectivity index (χ0n) is 12.1. The average molecular weight is 224 g/mol. The summed E-state index contributed by atoms with van der Waals surface area (Å²) in [6, 6.07) is 0. The summed E-state index contributed by atoms with van der Waals surface area (Å²) < 4.78 is 0. The van der Waals surface area contributed by atoms with Crippen LogP contribution in [-0.4, -0.2) is 5.78 Å². The first-order valence-corrected chi connectivity index (χ1v) is 6.56. The summed E-state index contributed by atoms with van der Waals surface area (Å²) in [5.74, 6) is 1.17. The van der Waals surface area contributed by atoms with Gasteiger partial charge in [0.05, 0.1) is 0 Å². The maximum absolute atomic E-state index is 12.6. The molecule has 16 heavy (non-hydrogen) atoms. The molecule has 1 atom stereocenters. The van der Waals surface area contributed by atoms with Gasteiger partial charge in [0.15, 0.2) is 0 Å². The lowest BCUT2D eigenvalue weighted by Gasteiger charge is -2.55. The molecule has 1 unspecified atom stereocenters. The molecule has 1 nitrogen and oxygen atoms in total. The lowest BCUT2D eigenvalue weighted by molar-refractivity contribution is -0.154. The first-order valence-electron chi connectivity index (χ1n) is 6.56. The summed E-state index contributed by atoms with van der Waals surface area (Å²) >= 11 is 0. The molecule has 0 aromatic heterocycles. The monoisotopic (exact) mass is 224 g/mol. The molecule has 1 aliphatic carbocycles. The predicted molar refractivity (Wildman–Crippen MR) is 69.4 cm³/mol. The lowest BCUT2D eigenvalue weighted by Crippen LogP contribution is -2.54. The minimum absolute atomic E-state index is 0.0526. The molecule has 0 aromatic rings. The molecule has 0 aromatic carbocycles. The third kappa shape index (κ3) is 1.94. The van der Waals surface area contributed by atoms with E-state index in [1.54, 1.807) is 0 Å². The van der Waals surface area contributed by atoms with Crippen LogP contribution in [0.25, 0.3) is 0 Å². The largest absolute Gasteiger partial charge is 0.299 e. The number of ketones is 1. The van der Waals surface area contributed by atoms with Crippen molar-refractivity contribution in [3.05, 3.63) is 0 Å². The van der Waals surface area contributed by atoms with Crippen molar-refractivity contribution in [2.24, 2.45) is 22.2 Å². The van der Waals surface area contributed by atoms with Crippen molar-refractivity contribution in [2.75, 3.05) is 0 Å². The molecule has 0 aliphatic heterocycles. The third-order valence-electron chi connectivity index (χ3n) is 4.56. The maximum atomic E-state index is 12.6. The molecule has 0 radical (unpaired) electrons. The average Bonchev–Trinajstić information content (AvgIpc) is 2.04. The van der Waals surface area contributed by atoms with Gasteiger partial charge in [-0.2, -0.15) is 0 Å². The Balaban J connectivity index is 3.28. The zero-order chi connectivity index (χ0) is 12.8. The summed E-state index contributed by atoms with van der Waals surface area (Å²) in [6.07, 6.45) is 2.90. The van der Waals surface area contributed by atoms with Gasteiger partial charge < -0.3 is 0 Å². The van der Waals surface area contributed by atoms with Crippen LogP contribution in [0.3, 0.4) is 0 Å². The smallest absolute Gasteiger partial charge is 0.140 e. The Morgan fingerprint density at radius 2 is 1.50 bits per heavy atom. The second-order valence-electron chi connectivity index (χ2n) is 7.68. The van der Waals surface area contributed by atoms with Gasteiger partial charge >= 0.3 is 0 Å². The van der Waals surface area contributed by atoms with Crippen molar-refractivity contribution < 1.29 is 4.79 Å². The Kier molecular flexibility index (Phi) is 3.31. The van der Waals surface area contributed by atoms with Crippen molar-refractivity contribution >= 4 is 5.78 Å². The lowest BCUT2D eigenvalue weighted by atomic mass is 9.47. The quantitative estimate of drug-likeness (QED) is 0.594. The highest BCUT2D eigenvalue weighted by molar-refractivity contribution is 5.87. The van der Waals surface area contributed by atoms with Gasteiger partial charge in [0.25, 0.3) is 0 Å². The second kappa shape index (κ2) is 3.85. The normalized spacial score (nSPS) is 26.9. The standard InChI is InChI=1S/C15H28O/c1-11-8-9-12(16)15(10-11,13(2,3)4)14(5,6)7/h11H,8-10H2,1-7H3. The Morgan fingerprint density at radius 3 is 1.81 bits per heavy atom. The number of Topliss-reactive ketones (excluding diaryl/α,β-unsaturated/α-hetero) is 1. The first kappa shape index (κ1) is 13.7. The van der Waals surface area contributed by atoms with E-state index in [1.165, 1.54) is 0 Å². The predicted octanol–water partition coefficient (Wildman–Crippen LogP) is 4.45. The highest BCUT2D eigenvalue weighted by Gasteiger charge is 2.56. The molecule has 1 fully saturated rings. The van der Waals surface area contributed by atoms with Gasteiger partial charge in [0.1, 0.15) is 5.78 Å². The summed E-state index contributed by atoms with van der Waals surface area (Å²) in [5, 5.41) is 0. The summed E-state index contributed by atoms with van der Waals surface area (Å²) in [7, 11) is 0. The third-order valence-corrected chi connectivity index (χ3v) is 4.56. The van der Waals surface area contributed by atoms with Crippen molar-refractivity contribution in [3.63, 3.8) is 0 Å². The molecule has 0 heterocycles. The van der Waals surface area contributed by atoms with E-state index < -0.39 is 0 Å². The van der Waals surface area contributed by atoms with E-state index in [2.05, 4.69) is 48.5 Å². The Hall–Kier alpha value is -0.330. The van der Waals surface area contributed by atoms with Crippen LogP contribution in [-0.2, 0) is 4.79 Å². The van der Waals surface area contributed by atoms with E-state index in [0.29, 0.717) is 11.7 Å². The van der Waals surface area contributed by atoms with Gasteiger partial charge in [0, 0.05) is 11.8 Å². The van der Waals surface area contributed by atoms with Crippen LogP contribution < -0.4 is 0 Å². The molecule has 0 amide bonds. The van der Waals surface area contributed by atoms with Crippen molar-refractivity contribution in [1.29, 1.82) is 0 Å². The number of hydrogen-bond donors (Lipinski definition) is 0. The zero-order valence-corrected chi connectivity index (χ0v) is 12.1. The first-order chi connectivity index (χ1) is 7.02. The Labute approximate surface area is 101 Å². The fourth-order valence-electron chi connectivity index (χ4n) is 3.90. The van der Waals surface area contributed by atoms with Crippen LogP contribution in [0, 0.1) is 22.2 Å². The summed E-state index contributed by atoms with van der Waals surface area (Å²) in [4.78, 5) is 12.6. The van der Waals surface area contributed by atoms with E-state index in [9.17, 15) is 4.79 Å². The van der Waals surface area contributed by atoms with Crippen molar-refractivity contribution in [3.8, 4) is 0 Å². The minimum Gasteiger partial charge on any atom is -0.299 e. The summed E-state index contributed by atoms with van der Waals surface area (Å²) in [6.45, 7) is 15.7. The molecule has 1 heteroatoms. The highest BCUT2D eigenvalue weighted by Crippen LogP contribution is 2.58.